The summed E-state index contributed by atoms with van der Waals surface area (Å²) in [4.78, 5) is 0. The summed E-state index contributed by atoms with van der Waals surface area (Å²) in [5, 5.41) is 12.8. The molecule has 1 fully saturated rings. The second-order valence-electron chi connectivity index (χ2n) is 4.39. The van der Waals surface area contributed by atoms with Gasteiger partial charge in [-0.15, -0.1) is 0 Å². The van der Waals surface area contributed by atoms with Gasteiger partial charge < -0.3 is 14.6 Å². The van der Waals surface area contributed by atoms with Crippen molar-refractivity contribution in [2.75, 3.05) is 19.9 Å². The summed E-state index contributed by atoms with van der Waals surface area (Å²) >= 11 is 5.90. The van der Waals surface area contributed by atoms with Gasteiger partial charge >= 0.3 is 0 Å². The van der Waals surface area contributed by atoms with Crippen LogP contribution in [0.1, 0.15) is 37.1 Å². The smallest absolute Gasteiger partial charge is 0.150 e. The first-order chi connectivity index (χ1) is 9.06. The van der Waals surface area contributed by atoms with Gasteiger partial charge in [-0.1, -0.05) is 11.6 Å². The number of benzene rings is 1. The van der Waals surface area contributed by atoms with E-state index in [-0.39, 0.29) is 11.1 Å². The predicted octanol–water partition coefficient (Wildman–Crippen LogP) is 2.55. The Morgan fingerprint density at radius 3 is 2.95 bits per heavy atom. The Balaban J connectivity index is 2.58. The van der Waals surface area contributed by atoms with Gasteiger partial charge in [0.25, 0.3) is 0 Å². The van der Waals surface area contributed by atoms with Crippen molar-refractivity contribution >= 4 is 11.6 Å². The summed E-state index contributed by atoms with van der Waals surface area (Å²) in [5.41, 5.74) is 0.805. The lowest BCUT2D eigenvalue weighted by Gasteiger charge is -2.21. The van der Waals surface area contributed by atoms with Gasteiger partial charge in [0.1, 0.15) is 11.6 Å². The van der Waals surface area contributed by atoms with E-state index in [9.17, 15) is 9.50 Å². The van der Waals surface area contributed by atoms with Crippen molar-refractivity contribution in [2.24, 2.45) is 0 Å². The highest BCUT2D eigenvalue weighted by atomic mass is 35.5. The van der Waals surface area contributed by atoms with Gasteiger partial charge in [0.2, 0.25) is 0 Å². The lowest BCUT2D eigenvalue weighted by molar-refractivity contribution is 0.186. The van der Waals surface area contributed by atoms with Crippen LogP contribution < -0.4 is 10.1 Å². The number of aliphatic hydroxyl groups excluding tert-OH is 1. The zero-order chi connectivity index (χ0) is 14.0. The molecule has 19 heavy (non-hydrogen) atoms. The van der Waals surface area contributed by atoms with Crippen molar-refractivity contribution in [1.29, 1.82) is 0 Å². The van der Waals surface area contributed by atoms with E-state index < -0.39 is 11.9 Å². The fourth-order valence-electron chi connectivity index (χ4n) is 2.16. The molecule has 2 atom stereocenters. The summed E-state index contributed by atoms with van der Waals surface area (Å²) < 4.78 is 25.0. The van der Waals surface area contributed by atoms with Crippen LogP contribution in [0.3, 0.4) is 0 Å². The first-order valence-electron chi connectivity index (χ1n) is 6.20. The Morgan fingerprint density at radius 1 is 1.68 bits per heavy atom. The summed E-state index contributed by atoms with van der Waals surface area (Å²) in [6.45, 7) is 4.47. The molecule has 0 bridgehead atoms. The maximum atomic E-state index is 14.3. The summed E-state index contributed by atoms with van der Waals surface area (Å²) in [6.07, 6.45) is -0.791. The molecule has 2 rings (SSSR count). The molecule has 106 valence electrons. The largest absolute Gasteiger partial charge is 0.493 e. The van der Waals surface area contributed by atoms with E-state index in [2.05, 4.69) is 5.32 Å². The molecule has 1 aromatic rings. The van der Waals surface area contributed by atoms with E-state index in [1.54, 1.807) is 13.8 Å². The highest BCUT2D eigenvalue weighted by Crippen LogP contribution is 2.39. The number of nitrogens with one attached hydrogen (secondary N) is 1. The Bertz CT molecular complexity index is 462. The summed E-state index contributed by atoms with van der Waals surface area (Å²) in [7, 11) is 0. The number of aliphatic hydroxyl groups is 1. The van der Waals surface area contributed by atoms with Gasteiger partial charge in [0, 0.05) is 5.56 Å². The van der Waals surface area contributed by atoms with E-state index in [1.807, 2.05) is 0 Å². The lowest BCUT2D eigenvalue weighted by Crippen LogP contribution is -2.19. The van der Waals surface area contributed by atoms with Crippen LogP contribution in [-0.2, 0) is 4.74 Å². The highest BCUT2D eigenvalue weighted by Gasteiger charge is 2.29. The summed E-state index contributed by atoms with van der Waals surface area (Å²) in [5.74, 6) is -0.181. The number of hydrogen-bond donors (Lipinski definition) is 2. The van der Waals surface area contributed by atoms with Crippen molar-refractivity contribution < 1.29 is 19.0 Å². The van der Waals surface area contributed by atoms with Crippen LogP contribution in [0.25, 0.3) is 0 Å². The molecule has 0 radical (unpaired) electrons. The second-order valence-corrected chi connectivity index (χ2v) is 4.79. The molecule has 6 heteroatoms. The van der Waals surface area contributed by atoms with E-state index in [4.69, 9.17) is 21.1 Å². The Morgan fingerprint density at radius 2 is 2.42 bits per heavy atom. The fourth-order valence-corrected chi connectivity index (χ4v) is 2.38. The number of halogens is 2. The third-order valence-electron chi connectivity index (χ3n) is 3.04. The SMILES string of the molecule is CCOc1c(C(C)O)cc(Cl)c(F)c1C1COCN1. The Labute approximate surface area is 116 Å². The minimum atomic E-state index is -0.791. The molecule has 4 nitrogen and oxygen atoms in total. The van der Waals surface area contributed by atoms with Gasteiger partial charge in [0.15, 0.2) is 0 Å². The fraction of sp³-hybridized carbons (Fsp3) is 0.538. The van der Waals surface area contributed by atoms with E-state index in [0.29, 0.717) is 36.8 Å². The molecule has 2 N–H and O–H groups in total. The first-order valence-corrected chi connectivity index (χ1v) is 6.57. The van der Waals surface area contributed by atoms with Gasteiger partial charge in [-0.3, -0.25) is 5.32 Å². The maximum Gasteiger partial charge on any atom is 0.150 e. The van der Waals surface area contributed by atoms with E-state index in [1.165, 1.54) is 6.07 Å². The molecule has 0 spiro atoms. The quantitative estimate of drug-likeness (QED) is 0.894. The second kappa shape index (κ2) is 6.05. The monoisotopic (exact) mass is 289 g/mol. The topological polar surface area (TPSA) is 50.7 Å². The third-order valence-corrected chi connectivity index (χ3v) is 3.31. The van der Waals surface area contributed by atoms with E-state index >= 15 is 0 Å². The first kappa shape index (κ1) is 14.5. The van der Waals surface area contributed by atoms with Crippen LogP contribution in [-0.4, -0.2) is 25.1 Å². The molecule has 2 unspecified atom stereocenters. The minimum absolute atomic E-state index is 0.0250. The number of rotatable bonds is 4. The molecule has 1 heterocycles. The third kappa shape index (κ3) is 2.84. The van der Waals surface area contributed by atoms with Crippen LogP contribution in [0.2, 0.25) is 5.02 Å². The van der Waals surface area contributed by atoms with Crippen LogP contribution >= 0.6 is 11.6 Å². The van der Waals surface area contributed by atoms with Gasteiger partial charge in [0.05, 0.1) is 42.7 Å². The van der Waals surface area contributed by atoms with Crippen LogP contribution in [0.4, 0.5) is 4.39 Å². The standard InChI is InChI=1S/C13H17ClFNO3/c1-3-19-13-8(7(2)17)4-9(14)12(15)11(13)10-5-18-6-16-10/h4,7,10,16-17H,3,5-6H2,1-2H3. The van der Waals surface area contributed by atoms with Crippen LogP contribution in [0, 0.1) is 5.82 Å². The normalized spacial score (nSPS) is 20.6. The van der Waals surface area contributed by atoms with Gasteiger partial charge in [-0.05, 0) is 19.9 Å². The van der Waals surface area contributed by atoms with Crippen LogP contribution in [0.15, 0.2) is 6.07 Å². The van der Waals surface area contributed by atoms with Gasteiger partial charge in [-0.2, -0.15) is 0 Å². The lowest BCUT2D eigenvalue weighted by atomic mass is 9.99. The minimum Gasteiger partial charge on any atom is -0.493 e. The Hall–Kier alpha value is -0.880. The molecular weight excluding hydrogens is 273 g/mol. The molecule has 0 saturated carbocycles. The zero-order valence-electron chi connectivity index (χ0n) is 10.9. The molecule has 1 aliphatic rings. The van der Waals surface area contributed by atoms with Gasteiger partial charge in [-0.25, -0.2) is 4.39 Å². The van der Waals surface area contributed by atoms with Crippen LogP contribution in [0.5, 0.6) is 5.75 Å². The van der Waals surface area contributed by atoms with Crippen molar-refractivity contribution in [2.45, 2.75) is 26.0 Å². The average Bonchev–Trinajstić information content (AvgIpc) is 2.87. The number of ether oxygens (including phenoxy) is 2. The van der Waals surface area contributed by atoms with Crippen molar-refractivity contribution in [1.82, 2.24) is 5.32 Å². The molecule has 0 amide bonds. The number of hydrogen-bond acceptors (Lipinski definition) is 4. The van der Waals surface area contributed by atoms with Crippen molar-refractivity contribution in [3.05, 3.63) is 28.0 Å². The average molecular weight is 290 g/mol. The van der Waals surface area contributed by atoms with Crippen molar-refractivity contribution in [3.63, 3.8) is 0 Å². The zero-order valence-corrected chi connectivity index (χ0v) is 11.6. The summed E-state index contributed by atoms with van der Waals surface area (Å²) in [6, 6.07) is 1.09. The highest BCUT2D eigenvalue weighted by molar-refractivity contribution is 6.31. The predicted molar refractivity (Wildman–Crippen MR) is 69.9 cm³/mol. The molecule has 1 aliphatic heterocycles. The molecule has 0 aliphatic carbocycles. The van der Waals surface area contributed by atoms with E-state index in [0.717, 1.165) is 0 Å². The van der Waals surface area contributed by atoms with Crippen molar-refractivity contribution in [3.8, 4) is 5.75 Å². The molecular formula is C13H17ClFNO3. The maximum absolute atomic E-state index is 14.3. The molecule has 1 saturated heterocycles. The molecule has 1 aromatic carbocycles. The Kier molecular flexibility index (Phi) is 4.62. The molecule has 0 aromatic heterocycles.